The van der Waals surface area contributed by atoms with Crippen molar-refractivity contribution in [2.45, 2.75) is 25.7 Å². The number of carbonyl (C=O) groups excluding carboxylic acids is 1. The number of hydrogen-bond donors (Lipinski definition) is 0. The largest absolute Gasteiger partial charge is 0.289 e. The number of Topliss-reactive ketones (excluding diaryl/α,β-unsaturated/α-hetero) is 1. The molecule has 0 saturated carbocycles. The molecule has 0 N–H and O–H groups in total. The second-order valence-electron chi connectivity index (χ2n) is 23.2. The molecule has 14 rings (SSSR count). The van der Waals surface area contributed by atoms with E-state index in [0.29, 0.717) is 24.0 Å². The Hall–Kier alpha value is -12.2. The van der Waals surface area contributed by atoms with Crippen LogP contribution in [-0.2, 0) is 11.2 Å². The molecule has 1 nitrogen and oxygen atoms in total. The van der Waals surface area contributed by atoms with Crippen LogP contribution in [-0.4, -0.2) is 5.78 Å². The lowest BCUT2D eigenvalue weighted by Gasteiger charge is -2.17. The van der Waals surface area contributed by atoms with Gasteiger partial charge in [-0.25, -0.2) is 0 Å². The summed E-state index contributed by atoms with van der Waals surface area (Å²) in [6, 6.07) is 95.6. The second kappa shape index (κ2) is 28.1. The van der Waals surface area contributed by atoms with Crippen molar-refractivity contribution in [2.24, 2.45) is 5.92 Å². The summed E-state index contributed by atoms with van der Waals surface area (Å²) in [7, 11) is 0. The summed E-state index contributed by atoms with van der Waals surface area (Å²) < 4.78 is 0. The molecule has 1 unspecified atom stereocenters. The summed E-state index contributed by atoms with van der Waals surface area (Å²) in [4.78, 5) is 15.5. The fourth-order valence-electron chi connectivity index (χ4n) is 12.7. The first-order valence-electron chi connectivity index (χ1n) is 31.6. The van der Waals surface area contributed by atoms with Crippen molar-refractivity contribution >= 4 is 44.8 Å². The van der Waals surface area contributed by atoms with Crippen LogP contribution < -0.4 is 0 Å². The summed E-state index contributed by atoms with van der Waals surface area (Å²) in [5.74, 6) is 20.4. The van der Waals surface area contributed by atoms with Crippen LogP contribution in [0.5, 0.6) is 0 Å². The van der Waals surface area contributed by atoms with Crippen LogP contribution in [0.25, 0.3) is 50.1 Å². The zero-order valence-electron chi connectivity index (χ0n) is 51.6. The van der Waals surface area contributed by atoms with Gasteiger partial charge in [0.25, 0.3) is 0 Å². The van der Waals surface area contributed by atoms with Gasteiger partial charge in [-0.05, 0) is 169 Å². The third-order valence-electron chi connectivity index (χ3n) is 17.2. The fraction of sp³-hybridized carbons (Fsp3) is 0.0543. The van der Waals surface area contributed by atoms with Gasteiger partial charge in [0.1, 0.15) is 0 Å². The number of benzene rings is 10. The standard InChI is InChI=1S/C90H62O.C2H2/c1-63-82(74-28-16-6-17-29-74)84(77-48-38-67(39-49-77)35-32-64-20-8-2-9-21-64)85(83(63)76-60-58-73(59-61-76)72-26-14-5-15-27-72)78-54-44-70(45-55-78)62-71-46-56-80(57-47-71)87-86(79-50-40-68(41-51-79)36-33-65-22-10-3-11-23-65)88(75-30-18-7-19-31-75)90(91)89(87)81-52-42-69(43-53-81)37-34-66-24-12-4-13-25-66;1-2/h3-8,10-31,38-42,44-61,69H,1-2,9,43,62H2;1-2H. The van der Waals surface area contributed by atoms with Crippen LogP contribution in [0, 0.1) is 54.3 Å². The smallest absolute Gasteiger partial charge is 0.195 e. The van der Waals surface area contributed by atoms with Gasteiger partial charge in [0.05, 0.1) is 0 Å². The summed E-state index contributed by atoms with van der Waals surface area (Å²) >= 11 is 0. The van der Waals surface area contributed by atoms with Crippen molar-refractivity contribution in [2.75, 3.05) is 0 Å². The molecule has 0 amide bonds. The van der Waals surface area contributed by atoms with Crippen LogP contribution in [0.15, 0.2) is 338 Å². The highest BCUT2D eigenvalue weighted by molar-refractivity contribution is 6.48. The van der Waals surface area contributed by atoms with Gasteiger partial charge in [-0.3, -0.25) is 4.79 Å². The quantitative estimate of drug-likeness (QED) is 0.118. The third-order valence-corrected chi connectivity index (χ3v) is 17.2. The van der Waals surface area contributed by atoms with Crippen LogP contribution in [0.2, 0.25) is 0 Å². The van der Waals surface area contributed by atoms with E-state index >= 15 is 4.79 Å². The Labute approximate surface area is 548 Å². The van der Waals surface area contributed by atoms with Crippen LogP contribution in [0.4, 0.5) is 0 Å². The van der Waals surface area contributed by atoms with E-state index < -0.39 is 0 Å². The SMILES string of the molecule is C#C.C=C1C(c2ccccc2)=C(c2ccc(C#CC3=CCCC=C3)cc2)C(c2ccc(Cc3ccc(C4=C(C5=CCC(C#Cc6ccccc6)C=C5)C(=O)C(c5ccccc5)=C4c4ccc(C#Cc5ccccc5)cc4)cc3)cc2)=C1c1ccc(-c2ccccc2)cc1. The van der Waals surface area contributed by atoms with Gasteiger partial charge in [0.2, 0.25) is 0 Å². The monoisotopic (exact) mass is 1180 g/mol. The number of rotatable bonds is 11. The minimum atomic E-state index is 0.00680. The highest BCUT2D eigenvalue weighted by atomic mass is 16.1. The predicted molar refractivity (Wildman–Crippen MR) is 389 cm³/mol. The van der Waals surface area contributed by atoms with E-state index in [1.807, 2.05) is 91.0 Å². The molecular weight excluding hydrogens is 1120 g/mol. The van der Waals surface area contributed by atoms with Gasteiger partial charge in [-0.15, -0.1) is 12.8 Å². The molecule has 0 heterocycles. The van der Waals surface area contributed by atoms with Crippen molar-refractivity contribution in [3.63, 3.8) is 0 Å². The molecule has 0 fully saturated rings. The summed E-state index contributed by atoms with van der Waals surface area (Å²) in [6.07, 6.45) is 24.5. The lowest BCUT2D eigenvalue weighted by Crippen LogP contribution is -2.07. The number of terminal acetylenes is 1. The van der Waals surface area contributed by atoms with Crippen LogP contribution in [0.3, 0.4) is 0 Å². The Morgan fingerprint density at radius 3 is 1.18 bits per heavy atom. The van der Waals surface area contributed by atoms with Crippen molar-refractivity contribution in [1.29, 1.82) is 0 Å². The summed E-state index contributed by atoms with van der Waals surface area (Å²) in [5.41, 5.74) is 26.4. The first-order valence-corrected chi connectivity index (χ1v) is 31.6. The summed E-state index contributed by atoms with van der Waals surface area (Å²) in [6.45, 7) is 4.93. The number of carbonyl (C=O) groups is 1. The topological polar surface area (TPSA) is 17.1 Å². The van der Waals surface area contributed by atoms with Crippen molar-refractivity contribution in [3.05, 3.63) is 411 Å². The van der Waals surface area contributed by atoms with Gasteiger partial charge in [0, 0.05) is 56.0 Å². The van der Waals surface area contributed by atoms with Crippen LogP contribution in [0.1, 0.15) is 91.6 Å². The number of ketones is 1. The molecule has 0 aliphatic heterocycles. The molecule has 10 aromatic rings. The van der Waals surface area contributed by atoms with Crippen molar-refractivity contribution in [3.8, 4) is 59.5 Å². The molecule has 10 aromatic carbocycles. The Bertz CT molecular complexity index is 4950. The first kappa shape index (κ1) is 59.7. The Balaban J connectivity index is 0.00000390. The fourth-order valence-corrected chi connectivity index (χ4v) is 12.7. The highest BCUT2D eigenvalue weighted by Gasteiger charge is 2.37. The van der Waals surface area contributed by atoms with Crippen LogP contribution >= 0.6 is 0 Å². The molecule has 1 heteroatoms. The van der Waals surface area contributed by atoms with Gasteiger partial charge in [-0.1, -0.05) is 303 Å². The lowest BCUT2D eigenvalue weighted by atomic mass is 9.86. The first-order chi connectivity index (χ1) is 46.0. The molecule has 4 aliphatic carbocycles. The molecule has 1 atom stereocenters. The molecule has 0 saturated heterocycles. The van der Waals surface area contributed by atoms with E-state index in [0.717, 1.165) is 135 Å². The number of hydrogen-bond acceptors (Lipinski definition) is 1. The summed E-state index contributed by atoms with van der Waals surface area (Å²) in [5, 5.41) is 0. The van der Waals surface area contributed by atoms with Crippen molar-refractivity contribution in [1.82, 2.24) is 0 Å². The minimum absolute atomic E-state index is 0.00680. The van der Waals surface area contributed by atoms with E-state index in [4.69, 9.17) is 6.58 Å². The molecule has 438 valence electrons. The molecule has 4 aliphatic rings. The molecule has 0 aromatic heterocycles. The van der Waals surface area contributed by atoms with Gasteiger partial charge in [-0.2, -0.15) is 0 Å². The maximum Gasteiger partial charge on any atom is 0.195 e. The molecule has 0 spiro atoms. The minimum Gasteiger partial charge on any atom is -0.289 e. The average Bonchev–Trinajstić information content (AvgIpc) is 1.60. The Kier molecular flexibility index (Phi) is 18.0. The van der Waals surface area contributed by atoms with Gasteiger partial charge < -0.3 is 0 Å². The Morgan fingerprint density at radius 2 is 0.710 bits per heavy atom. The predicted octanol–water partition coefficient (Wildman–Crippen LogP) is 20.8. The van der Waals surface area contributed by atoms with Crippen molar-refractivity contribution < 1.29 is 4.79 Å². The second-order valence-corrected chi connectivity index (χ2v) is 23.2. The Morgan fingerprint density at radius 1 is 0.344 bits per heavy atom. The van der Waals surface area contributed by atoms with E-state index in [2.05, 4.69) is 267 Å². The van der Waals surface area contributed by atoms with E-state index in [1.165, 1.54) is 11.1 Å². The third kappa shape index (κ3) is 13.3. The zero-order valence-corrected chi connectivity index (χ0v) is 51.6. The van der Waals surface area contributed by atoms with E-state index in [9.17, 15) is 0 Å². The normalized spacial score (nSPS) is 14.8. The molecule has 93 heavy (non-hydrogen) atoms. The number of allylic oxidation sites excluding steroid dienone is 17. The van der Waals surface area contributed by atoms with E-state index in [1.54, 1.807) is 0 Å². The lowest BCUT2D eigenvalue weighted by molar-refractivity contribution is -0.110. The van der Waals surface area contributed by atoms with E-state index in [-0.39, 0.29) is 11.7 Å². The maximum atomic E-state index is 15.5. The van der Waals surface area contributed by atoms with Gasteiger partial charge >= 0.3 is 0 Å². The zero-order chi connectivity index (χ0) is 63.3. The maximum absolute atomic E-state index is 15.5. The van der Waals surface area contributed by atoms with Gasteiger partial charge in [0.15, 0.2) is 5.78 Å². The molecular formula is C92H64O. The average molecular weight is 1190 g/mol. The highest BCUT2D eigenvalue weighted by Crippen LogP contribution is 2.55. The molecule has 0 radical (unpaired) electrons. The molecule has 0 bridgehead atoms.